The highest BCUT2D eigenvalue weighted by Crippen LogP contribution is 2.22. The monoisotopic (exact) mass is 448 g/mol. The lowest BCUT2D eigenvalue weighted by Gasteiger charge is -2.35. The standard InChI is InChI=1S/C21H32N6O3S/c1-5-25(6-2)31(29,30)26-14-12-24(13-15-26)16-20(28)22-21-17(3)23-27(18(21)4)19-10-8-7-9-11-19/h7-11H,5-6,12-16H2,1-4H3,(H,22,28). The van der Waals surface area contributed by atoms with Crippen LogP contribution in [0, 0.1) is 13.8 Å². The number of hydrogen-bond acceptors (Lipinski definition) is 5. The molecule has 1 amide bonds. The topological polar surface area (TPSA) is 90.8 Å². The predicted molar refractivity (Wildman–Crippen MR) is 122 cm³/mol. The van der Waals surface area contributed by atoms with Crippen LogP contribution in [0.3, 0.4) is 0 Å². The van der Waals surface area contributed by atoms with Crippen molar-refractivity contribution in [3.8, 4) is 5.69 Å². The van der Waals surface area contributed by atoms with Gasteiger partial charge in [0.2, 0.25) is 5.91 Å². The predicted octanol–water partition coefficient (Wildman–Crippen LogP) is 1.63. The highest BCUT2D eigenvalue weighted by molar-refractivity contribution is 7.86. The number of carbonyl (C=O) groups excluding carboxylic acids is 1. The van der Waals surface area contributed by atoms with E-state index in [0.29, 0.717) is 39.3 Å². The van der Waals surface area contributed by atoms with Crippen molar-refractivity contribution in [2.75, 3.05) is 51.1 Å². The number of anilines is 1. The summed E-state index contributed by atoms with van der Waals surface area (Å²) in [5.74, 6) is -0.126. The third kappa shape index (κ3) is 5.15. The molecule has 1 aliphatic heterocycles. The lowest BCUT2D eigenvalue weighted by molar-refractivity contribution is -0.117. The molecule has 2 heterocycles. The maximum Gasteiger partial charge on any atom is 0.282 e. The van der Waals surface area contributed by atoms with E-state index < -0.39 is 10.2 Å². The molecule has 0 radical (unpaired) electrons. The second kappa shape index (κ2) is 9.90. The number of piperazine rings is 1. The van der Waals surface area contributed by atoms with Gasteiger partial charge in [-0.05, 0) is 26.0 Å². The summed E-state index contributed by atoms with van der Waals surface area (Å²) in [6.45, 7) is 10.4. The van der Waals surface area contributed by atoms with Crippen LogP contribution in [-0.2, 0) is 15.0 Å². The minimum absolute atomic E-state index is 0.126. The van der Waals surface area contributed by atoms with E-state index in [4.69, 9.17) is 0 Å². The minimum atomic E-state index is -3.43. The maximum atomic E-state index is 12.7. The summed E-state index contributed by atoms with van der Waals surface area (Å²) in [6, 6.07) is 9.78. The fraction of sp³-hybridized carbons (Fsp3) is 0.524. The van der Waals surface area contributed by atoms with Crippen molar-refractivity contribution in [3.63, 3.8) is 0 Å². The van der Waals surface area contributed by atoms with Crippen molar-refractivity contribution in [1.82, 2.24) is 23.3 Å². The quantitative estimate of drug-likeness (QED) is 0.663. The SMILES string of the molecule is CCN(CC)S(=O)(=O)N1CCN(CC(=O)Nc2c(C)nn(-c3ccccc3)c2C)CC1. The molecule has 1 aromatic carbocycles. The van der Waals surface area contributed by atoms with Gasteiger partial charge in [0.15, 0.2) is 0 Å². The molecule has 31 heavy (non-hydrogen) atoms. The van der Waals surface area contributed by atoms with E-state index in [0.717, 1.165) is 22.8 Å². The average molecular weight is 449 g/mol. The summed E-state index contributed by atoms with van der Waals surface area (Å²) in [4.78, 5) is 14.7. The van der Waals surface area contributed by atoms with Crippen molar-refractivity contribution >= 4 is 21.8 Å². The van der Waals surface area contributed by atoms with Crippen LogP contribution in [0.5, 0.6) is 0 Å². The number of benzene rings is 1. The molecule has 1 fully saturated rings. The molecule has 170 valence electrons. The first-order valence-corrected chi connectivity index (χ1v) is 12.1. The molecule has 0 bridgehead atoms. The number of aryl methyl sites for hydroxylation is 1. The molecular weight excluding hydrogens is 416 g/mol. The molecule has 9 nitrogen and oxygen atoms in total. The first kappa shape index (κ1) is 23.4. The first-order chi connectivity index (χ1) is 14.8. The Hall–Kier alpha value is -2.27. The third-order valence-corrected chi connectivity index (χ3v) is 7.80. The summed E-state index contributed by atoms with van der Waals surface area (Å²) >= 11 is 0. The van der Waals surface area contributed by atoms with Crippen LogP contribution in [0.1, 0.15) is 25.2 Å². The summed E-state index contributed by atoms with van der Waals surface area (Å²) < 4.78 is 30.1. The van der Waals surface area contributed by atoms with Crippen LogP contribution in [-0.4, -0.2) is 83.4 Å². The molecule has 0 spiro atoms. The average Bonchev–Trinajstić information content (AvgIpc) is 3.03. The highest BCUT2D eigenvalue weighted by atomic mass is 32.2. The van der Waals surface area contributed by atoms with Gasteiger partial charge >= 0.3 is 0 Å². The molecule has 0 unspecified atom stereocenters. The van der Waals surface area contributed by atoms with Crippen LogP contribution < -0.4 is 5.32 Å². The first-order valence-electron chi connectivity index (χ1n) is 10.7. The van der Waals surface area contributed by atoms with Gasteiger partial charge in [-0.1, -0.05) is 32.0 Å². The molecule has 1 aromatic heterocycles. The van der Waals surface area contributed by atoms with E-state index >= 15 is 0 Å². The van der Waals surface area contributed by atoms with E-state index in [1.54, 1.807) is 0 Å². The number of carbonyl (C=O) groups is 1. The molecule has 1 aliphatic rings. The molecular formula is C21H32N6O3S. The summed E-state index contributed by atoms with van der Waals surface area (Å²) in [6.07, 6.45) is 0. The fourth-order valence-electron chi connectivity index (χ4n) is 3.86. The Labute approximate surface area is 184 Å². The van der Waals surface area contributed by atoms with Gasteiger partial charge in [0.25, 0.3) is 10.2 Å². The lowest BCUT2D eigenvalue weighted by atomic mass is 10.3. The molecule has 0 aliphatic carbocycles. The number of amides is 1. The Bertz CT molecular complexity index is 994. The van der Waals surface area contributed by atoms with Crippen LogP contribution >= 0.6 is 0 Å². The number of nitrogens with one attached hydrogen (secondary N) is 1. The zero-order valence-electron chi connectivity index (χ0n) is 18.7. The molecule has 10 heteroatoms. The Morgan fingerprint density at radius 2 is 1.68 bits per heavy atom. The van der Waals surface area contributed by atoms with Crippen molar-refractivity contribution in [1.29, 1.82) is 0 Å². The Kier molecular flexibility index (Phi) is 7.47. The molecule has 2 aromatic rings. The summed E-state index contributed by atoms with van der Waals surface area (Å²) in [5.41, 5.74) is 3.28. The highest BCUT2D eigenvalue weighted by Gasteiger charge is 2.31. The van der Waals surface area contributed by atoms with Crippen molar-refractivity contribution < 1.29 is 13.2 Å². The minimum Gasteiger partial charge on any atom is -0.322 e. The van der Waals surface area contributed by atoms with E-state index in [1.165, 1.54) is 8.61 Å². The van der Waals surface area contributed by atoms with Gasteiger partial charge in [0, 0.05) is 39.3 Å². The van der Waals surface area contributed by atoms with Crippen LogP contribution in [0.15, 0.2) is 30.3 Å². The second-order valence-corrected chi connectivity index (χ2v) is 9.54. The normalized spacial score (nSPS) is 16.0. The number of nitrogens with zero attached hydrogens (tertiary/aromatic N) is 5. The Morgan fingerprint density at radius 1 is 1.06 bits per heavy atom. The molecule has 0 atom stereocenters. The summed E-state index contributed by atoms with van der Waals surface area (Å²) in [5, 5.41) is 7.55. The number of hydrogen-bond donors (Lipinski definition) is 1. The van der Waals surface area contributed by atoms with Crippen molar-refractivity contribution in [2.45, 2.75) is 27.7 Å². The van der Waals surface area contributed by atoms with E-state index in [1.807, 2.05) is 67.6 Å². The maximum absolute atomic E-state index is 12.7. The fourth-order valence-corrected chi connectivity index (χ4v) is 5.46. The second-order valence-electron chi connectivity index (χ2n) is 7.61. The number of aromatic nitrogens is 2. The van der Waals surface area contributed by atoms with Gasteiger partial charge in [-0.15, -0.1) is 0 Å². The van der Waals surface area contributed by atoms with E-state index in [-0.39, 0.29) is 12.5 Å². The lowest BCUT2D eigenvalue weighted by Crippen LogP contribution is -2.54. The zero-order valence-corrected chi connectivity index (χ0v) is 19.5. The smallest absolute Gasteiger partial charge is 0.282 e. The zero-order chi connectivity index (χ0) is 22.6. The molecule has 1 saturated heterocycles. The van der Waals surface area contributed by atoms with E-state index in [2.05, 4.69) is 10.4 Å². The van der Waals surface area contributed by atoms with Crippen LogP contribution in [0.25, 0.3) is 5.69 Å². The van der Waals surface area contributed by atoms with Gasteiger partial charge < -0.3 is 5.32 Å². The van der Waals surface area contributed by atoms with Gasteiger partial charge in [-0.25, -0.2) is 4.68 Å². The number of rotatable bonds is 8. The molecule has 3 rings (SSSR count). The number of para-hydroxylation sites is 1. The Balaban J connectivity index is 1.59. The molecule has 1 N–H and O–H groups in total. The van der Waals surface area contributed by atoms with Crippen molar-refractivity contribution in [3.05, 3.63) is 41.7 Å². The van der Waals surface area contributed by atoms with Gasteiger partial charge in [0.05, 0.1) is 29.3 Å². The summed E-state index contributed by atoms with van der Waals surface area (Å²) in [7, 11) is -3.43. The van der Waals surface area contributed by atoms with Crippen LogP contribution in [0.2, 0.25) is 0 Å². The van der Waals surface area contributed by atoms with Crippen LogP contribution in [0.4, 0.5) is 5.69 Å². The van der Waals surface area contributed by atoms with Gasteiger partial charge in [-0.2, -0.15) is 22.1 Å². The largest absolute Gasteiger partial charge is 0.322 e. The van der Waals surface area contributed by atoms with E-state index in [9.17, 15) is 13.2 Å². The van der Waals surface area contributed by atoms with Gasteiger partial charge in [-0.3, -0.25) is 9.69 Å². The molecule has 0 saturated carbocycles. The third-order valence-electron chi connectivity index (χ3n) is 5.61. The van der Waals surface area contributed by atoms with Gasteiger partial charge in [0.1, 0.15) is 0 Å². The van der Waals surface area contributed by atoms with Crippen molar-refractivity contribution in [2.24, 2.45) is 0 Å². The Morgan fingerprint density at radius 3 is 2.26 bits per heavy atom.